The van der Waals surface area contributed by atoms with Crippen molar-refractivity contribution < 1.29 is 9.21 Å². The zero-order valence-corrected chi connectivity index (χ0v) is 13.8. The minimum Gasteiger partial charge on any atom is -0.417 e. The van der Waals surface area contributed by atoms with Crippen LogP contribution in [0.5, 0.6) is 0 Å². The van der Waals surface area contributed by atoms with E-state index in [0.717, 1.165) is 24.8 Å². The van der Waals surface area contributed by atoms with Crippen LogP contribution in [0.4, 0.5) is 0 Å². The first-order valence-corrected chi connectivity index (χ1v) is 8.37. The molecule has 122 valence electrons. The molecule has 3 rings (SSSR count). The first-order valence-electron chi connectivity index (χ1n) is 7.99. The molecule has 1 fully saturated rings. The quantitative estimate of drug-likeness (QED) is 0.927. The monoisotopic (exact) mass is 333 g/mol. The van der Waals surface area contributed by atoms with Gasteiger partial charge in [0.15, 0.2) is 0 Å². The summed E-state index contributed by atoms with van der Waals surface area (Å²) in [5.41, 5.74) is 1.01. The summed E-state index contributed by atoms with van der Waals surface area (Å²) in [5.74, 6) is 0.670. The SMILES string of the molecule is C[C@@H]1CCCC[C@H]1NC(=O)c1nnc(Cc2ccc(Cl)cc2)o1. The smallest absolute Gasteiger partial charge is 0.309 e. The molecule has 0 radical (unpaired) electrons. The van der Waals surface area contributed by atoms with Gasteiger partial charge in [0.05, 0.1) is 6.42 Å². The van der Waals surface area contributed by atoms with Crippen LogP contribution in [-0.2, 0) is 6.42 Å². The molecule has 1 aromatic heterocycles. The lowest BCUT2D eigenvalue weighted by Crippen LogP contribution is -2.41. The highest BCUT2D eigenvalue weighted by atomic mass is 35.5. The van der Waals surface area contributed by atoms with E-state index in [9.17, 15) is 4.79 Å². The highest BCUT2D eigenvalue weighted by molar-refractivity contribution is 6.30. The van der Waals surface area contributed by atoms with Gasteiger partial charge in [-0.25, -0.2) is 0 Å². The Labute approximate surface area is 140 Å². The molecule has 1 N–H and O–H groups in total. The topological polar surface area (TPSA) is 68.0 Å². The van der Waals surface area contributed by atoms with E-state index in [1.807, 2.05) is 24.3 Å². The van der Waals surface area contributed by atoms with Gasteiger partial charge in [0.1, 0.15) is 0 Å². The van der Waals surface area contributed by atoms with Gasteiger partial charge in [-0.3, -0.25) is 4.79 Å². The Bertz CT molecular complexity index is 669. The molecule has 0 unspecified atom stereocenters. The van der Waals surface area contributed by atoms with Gasteiger partial charge in [0, 0.05) is 11.1 Å². The lowest BCUT2D eigenvalue weighted by Gasteiger charge is -2.28. The van der Waals surface area contributed by atoms with Crippen LogP contribution in [-0.4, -0.2) is 22.1 Å². The molecule has 2 atom stereocenters. The highest BCUT2D eigenvalue weighted by Gasteiger charge is 2.25. The number of rotatable bonds is 4. The van der Waals surface area contributed by atoms with Crippen molar-refractivity contribution in [2.75, 3.05) is 0 Å². The molecule has 0 aliphatic heterocycles. The Morgan fingerprint density at radius 2 is 2.00 bits per heavy atom. The number of benzene rings is 1. The summed E-state index contributed by atoms with van der Waals surface area (Å²) in [7, 11) is 0. The summed E-state index contributed by atoms with van der Waals surface area (Å²) in [4.78, 5) is 12.2. The van der Waals surface area contributed by atoms with E-state index >= 15 is 0 Å². The first-order chi connectivity index (χ1) is 11.1. The van der Waals surface area contributed by atoms with Crippen molar-refractivity contribution >= 4 is 17.5 Å². The second kappa shape index (κ2) is 7.13. The summed E-state index contributed by atoms with van der Waals surface area (Å²) in [6, 6.07) is 7.62. The standard InChI is InChI=1S/C17H20ClN3O2/c1-11-4-2-3-5-14(11)19-16(22)17-21-20-15(23-17)10-12-6-8-13(18)9-7-12/h6-9,11,14H,2-5,10H2,1H3,(H,19,22)/t11-,14-/m1/s1. The molecule has 1 aliphatic carbocycles. The van der Waals surface area contributed by atoms with Crippen LogP contribution in [0.15, 0.2) is 28.7 Å². The molecule has 1 amide bonds. The normalized spacial score (nSPS) is 21.1. The Hall–Kier alpha value is -1.88. The number of halogens is 1. The van der Waals surface area contributed by atoms with Crippen molar-refractivity contribution in [1.29, 1.82) is 0 Å². The fourth-order valence-corrected chi connectivity index (χ4v) is 3.08. The Morgan fingerprint density at radius 3 is 2.74 bits per heavy atom. The molecule has 1 aliphatic rings. The van der Waals surface area contributed by atoms with Crippen LogP contribution in [0.25, 0.3) is 0 Å². The summed E-state index contributed by atoms with van der Waals surface area (Å²) < 4.78 is 5.49. The molecular formula is C17H20ClN3O2. The van der Waals surface area contributed by atoms with Crippen LogP contribution < -0.4 is 5.32 Å². The zero-order chi connectivity index (χ0) is 16.2. The molecular weight excluding hydrogens is 314 g/mol. The van der Waals surface area contributed by atoms with E-state index in [4.69, 9.17) is 16.0 Å². The lowest BCUT2D eigenvalue weighted by atomic mass is 9.86. The number of amides is 1. The minimum absolute atomic E-state index is 0.0340. The highest BCUT2D eigenvalue weighted by Crippen LogP contribution is 2.24. The van der Waals surface area contributed by atoms with E-state index in [2.05, 4.69) is 22.4 Å². The number of aromatic nitrogens is 2. The summed E-state index contributed by atoms with van der Waals surface area (Å²) in [6.45, 7) is 2.17. The van der Waals surface area contributed by atoms with Gasteiger partial charge in [-0.2, -0.15) is 0 Å². The molecule has 1 saturated carbocycles. The number of carbonyl (C=O) groups excluding carboxylic acids is 1. The molecule has 0 spiro atoms. The van der Waals surface area contributed by atoms with Gasteiger partial charge in [-0.15, -0.1) is 10.2 Å². The van der Waals surface area contributed by atoms with Crippen molar-refractivity contribution in [3.05, 3.63) is 46.6 Å². The van der Waals surface area contributed by atoms with Crippen molar-refractivity contribution in [1.82, 2.24) is 15.5 Å². The van der Waals surface area contributed by atoms with Gasteiger partial charge in [-0.05, 0) is 36.5 Å². The van der Waals surface area contributed by atoms with Crippen LogP contribution in [0.3, 0.4) is 0 Å². The summed E-state index contributed by atoms with van der Waals surface area (Å²) in [6.07, 6.45) is 5.03. The number of nitrogens with one attached hydrogen (secondary N) is 1. The Balaban J connectivity index is 1.61. The van der Waals surface area contributed by atoms with Crippen molar-refractivity contribution in [3.63, 3.8) is 0 Å². The third-order valence-corrected chi connectivity index (χ3v) is 4.61. The number of carbonyl (C=O) groups is 1. The third-order valence-electron chi connectivity index (χ3n) is 4.36. The van der Waals surface area contributed by atoms with Crippen molar-refractivity contribution in [3.8, 4) is 0 Å². The maximum atomic E-state index is 12.2. The summed E-state index contributed by atoms with van der Waals surface area (Å²) >= 11 is 5.86. The molecule has 23 heavy (non-hydrogen) atoms. The molecule has 5 nitrogen and oxygen atoms in total. The number of hydrogen-bond donors (Lipinski definition) is 1. The minimum atomic E-state index is -0.279. The van der Waals surface area contributed by atoms with E-state index < -0.39 is 0 Å². The van der Waals surface area contributed by atoms with Gasteiger partial charge in [0.2, 0.25) is 5.89 Å². The Kier molecular flexibility index (Phi) is 4.96. The fraction of sp³-hybridized carbons (Fsp3) is 0.471. The third kappa shape index (κ3) is 4.10. The van der Waals surface area contributed by atoms with E-state index in [1.54, 1.807) is 0 Å². The average molecular weight is 334 g/mol. The summed E-state index contributed by atoms with van der Waals surface area (Å²) in [5, 5.41) is 11.5. The zero-order valence-electron chi connectivity index (χ0n) is 13.1. The molecule has 0 saturated heterocycles. The number of nitrogens with zero attached hydrogens (tertiary/aromatic N) is 2. The van der Waals surface area contributed by atoms with Gasteiger partial charge in [0.25, 0.3) is 0 Å². The van der Waals surface area contributed by atoms with Crippen LogP contribution in [0.1, 0.15) is 54.7 Å². The van der Waals surface area contributed by atoms with Gasteiger partial charge >= 0.3 is 11.8 Å². The van der Waals surface area contributed by atoms with E-state index in [1.165, 1.54) is 6.42 Å². The second-order valence-corrected chi connectivity index (χ2v) is 6.58. The van der Waals surface area contributed by atoms with Crippen molar-refractivity contribution in [2.45, 2.75) is 45.1 Å². The van der Waals surface area contributed by atoms with E-state index in [-0.39, 0.29) is 17.8 Å². The maximum Gasteiger partial charge on any atom is 0.309 e. The Morgan fingerprint density at radius 1 is 1.26 bits per heavy atom. The van der Waals surface area contributed by atoms with Gasteiger partial charge < -0.3 is 9.73 Å². The largest absolute Gasteiger partial charge is 0.417 e. The molecule has 1 aromatic carbocycles. The lowest BCUT2D eigenvalue weighted by molar-refractivity contribution is 0.0873. The molecule has 2 aromatic rings. The fourth-order valence-electron chi connectivity index (χ4n) is 2.95. The molecule has 0 bridgehead atoms. The predicted molar refractivity (Wildman–Crippen MR) is 87.4 cm³/mol. The van der Waals surface area contributed by atoms with Crippen LogP contribution >= 0.6 is 11.6 Å². The van der Waals surface area contributed by atoms with Crippen LogP contribution in [0.2, 0.25) is 5.02 Å². The number of hydrogen-bond acceptors (Lipinski definition) is 4. The maximum absolute atomic E-state index is 12.2. The molecule has 6 heteroatoms. The van der Waals surface area contributed by atoms with Crippen molar-refractivity contribution in [2.24, 2.45) is 5.92 Å². The molecule has 1 heterocycles. The van der Waals surface area contributed by atoms with Gasteiger partial charge in [-0.1, -0.05) is 43.5 Å². The average Bonchev–Trinajstić information content (AvgIpc) is 3.00. The van der Waals surface area contributed by atoms with Crippen LogP contribution in [0, 0.1) is 5.92 Å². The second-order valence-electron chi connectivity index (χ2n) is 6.15. The first kappa shape index (κ1) is 16.0. The predicted octanol–water partition coefficient (Wildman–Crippen LogP) is 3.62. The van der Waals surface area contributed by atoms with E-state index in [0.29, 0.717) is 23.3 Å².